The number of alkyl carbamates (subject to hydrolysis) is 1. The molecule has 1 amide bonds. The Bertz CT molecular complexity index is 372. The molecule has 0 heterocycles. The molecule has 114 valence electrons. The summed E-state index contributed by atoms with van der Waals surface area (Å²) in [7, 11) is 3.75. The number of ether oxygens (including phenoxy) is 1. The fourth-order valence-corrected chi connectivity index (χ4v) is 1.53. The normalized spacial score (nSPS) is 11.9. The van der Waals surface area contributed by atoms with Crippen LogP contribution in [0.4, 0.5) is 4.79 Å². The Morgan fingerprint density at radius 3 is 2.15 bits per heavy atom. The second-order valence-electron chi connectivity index (χ2n) is 5.74. The quantitative estimate of drug-likeness (QED) is 0.895. The molecule has 0 aliphatic rings. The second kappa shape index (κ2) is 9.37. The summed E-state index contributed by atoms with van der Waals surface area (Å²) in [5, 5.41) is 5.57. The highest BCUT2D eigenvalue weighted by Crippen LogP contribution is 2.08. The van der Waals surface area contributed by atoms with Gasteiger partial charge < -0.3 is 15.4 Å². The van der Waals surface area contributed by atoms with Crippen LogP contribution in [-0.4, -0.2) is 31.8 Å². The molecular weight excluding hydrogens is 252 g/mol. The van der Waals surface area contributed by atoms with Gasteiger partial charge in [-0.15, -0.1) is 0 Å². The summed E-state index contributed by atoms with van der Waals surface area (Å²) in [6.45, 7) is 7.54. The van der Waals surface area contributed by atoms with Gasteiger partial charge in [-0.2, -0.15) is 0 Å². The zero-order valence-corrected chi connectivity index (χ0v) is 13.5. The Morgan fingerprint density at radius 1 is 1.20 bits per heavy atom. The van der Waals surface area contributed by atoms with Crippen molar-refractivity contribution < 1.29 is 9.53 Å². The van der Waals surface area contributed by atoms with Gasteiger partial charge in [-0.1, -0.05) is 30.3 Å². The summed E-state index contributed by atoms with van der Waals surface area (Å²) in [5.41, 5.74) is 0.757. The average Bonchev–Trinajstić information content (AvgIpc) is 2.28. The van der Waals surface area contributed by atoms with Gasteiger partial charge in [-0.3, -0.25) is 0 Å². The van der Waals surface area contributed by atoms with Crippen molar-refractivity contribution in [1.29, 1.82) is 0 Å². The molecule has 0 aromatic heterocycles. The van der Waals surface area contributed by atoms with Crippen molar-refractivity contribution in [3.05, 3.63) is 35.9 Å². The second-order valence-corrected chi connectivity index (χ2v) is 5.74. The lowest BCUT2D eigenvalue weighted by Crippen LogP contribution is -2.38. The Morgan fingerprint density at radius 2 is 1.70 bits per heavy atom. The predicted molar refractivity (Wildman–Crippen MR) is 84.0 cm³/mol. The molecule has 0 bridgehead atoms. The van der Waals surface area contributed by atoms with Gasteiger partial charge in [0.15, 0.2) is 0 Å². The topological polar surface area (TPSA) is 50.4 Å². The highest BCUT2D eigenvalue weighted by molar-refractivity contribution is 5.68. The number of hydrogen-bond acceptors (Lipinski definition) is 3. The highest BCUT2D eigenvalue weighted by Gasteiger charge is 2.17. The molecule has 0 aliphatic carbocycles. The van der Waals surface area contributed by atoms with E-state index in [0.29, 0.717) is 0 Å². The molecule has 0 saturated carbocycles. The van der Waals surface area contributed by atoms with Gasteiger partial charge in [0.2, 0.25) is 0 Å². The van der Waals surface area contributed by atoms with Crippen molar-refractivity contribution in [2.45, 2.75) is 45.8 Å². The van der Waals surface area contributed by atoms with Crippen LogP contribution in [0.5, 0.6) is 0 Å². The minimum Gasteiger partial charge on any atom is -0.444 e. The van der Waals surface area contributed by atoms with E-state index >= 15 is 0 Å². The van der Waals surface area contributed by atoms with E-state index in [2.05, 4.69) is 10.6 Å². The zero-order valence-electron chi connectivity index (χ0n) is 13.5. The van der Waals surface area contributed by atoms with Crippen LogP contribution in [0.15, 0.2) is 30.3 Å². The number of hydrogen-bond donors (Lipinski definition) is 2. The molecule has 1 unspecified atom stereocenters. The third-order valence-corrected chi connectivity index (χ3v) is 2.15. The number of nitrogens with one attached hydrogen (secondary N) is 2. The Kier molecular flexibility index (Phi) is 8.64. The molecule has 1 aromatic rings. The van der Waals surface area contributed by atoms with Crippen molar-refractivity contribution in [3.8, 4) is 0 Å². The number of rotatable bonds is 3. The minimum absolute atomic E-state index is 0.0623. The Labute approximate surface area is 122 Å². The molecule has 1 aromatic carbocycles. The maximum atomic E-state index is 11.5. The van der Waals surface area contributed by atoms with Crippen molar-refractivity contribution >= 4 is 6.09 Å². The molecule has 0 radical (unpaired) electrons. The molecule has 1 rings (SSSR count). The van der Waals surface area contributed by atoms with Gasteiger partial charge >= 0.3 is 6.09 Å². The van der Waals surface area contributed by atoms with Crippen LogP contribution in [-0.2, 0) is 11.2 Å². The van der Waals surface area contributed by atoms with E-state index in [1.54, 1.807) is 0 Å². The Hall–Kier alpha value is -1.55. The number of carbonyl (C=O) groups excluding carboxylic acids is 1. The molecule has 2 N–H and O–H groups in total. The summed E-state index contributed by atoms with van der Waals surface area (Å²) in [5.74, 6) is 0. The predicted octanol–water partition coefficient (Wildman–Crippen LogP) is 2.98. The first-order valence-corrected chi connectivity index (χ1v) is 6.90. The van der Waals surface area contributed by atoms with E-state index in [0.717, 1.165) is 6.42 Å². The van der Waals surface area contributed by atoms with Crippen LogP contribution in [0.3, 0.4) is 0 Å². The largest absolute Gasteiger partial charge is 0.444 e. The van der Waals surface area contributed by atoms with Crippen molar-refractivity contribution in [1.82, 2.24) is 10.6 Å². The fourth-order valence-electron chi connectivity index (χ4n) is 1.53. The summed E-state index contributed by atoms with van der Waals surface area (Å²) in [4.78, 5) is 11.5. The third kappa shape index (κ3) is 10.4. The molecule has 0 aliphatic heterocycles. The van der Waals surface area contributed by atoms with Crippen molar-refractivity contribution in [2.24, 2.45) is 0 Å². The molecule has 4 nitrogen and oxygen atoms in total. The summed E-state index contributed by atoms with van der Waals surface area (Å²) in [6.07, 6.45) is 0.445. The van der Waals surface area contributed by atoms with Gasteiger partial charge in [0.05, 0.1) is 0 Å². The van der Waals surface area contributed by atoms with E-state index in [-0.39, 0.29) is 12.1 Å². The number of amides is 1. The van der Waals surface area contributed by atoms with Gasteiger partial charge in [0.1, 0.15) is 5.60 Å². The third-order valence-electron chi connectivity index (χ3n) is 2.15. The van der Waals surface area contributed by atoms with Crippen LogP contribution in [0.25, 0.3) is 0 Å². The SMILES string of the molecule is CC(Cc1ccccc1)NC(=O)OC(C)(C)C.CNC. The molecule has 0 fully saturated rings. The standard InChI is InChI=1S/C14H21NO2.C2H7N/c1-11(10-12-8-6-5-7-9-12)15-13(16)17-14(2,3)4;1-3-2/h5-9,11H,10H2,1-4H3,(H,15,16);3H,1-2H3. The summed E-state index contributed by atoms with van der Waals surface area (Å²) < 4.78 is 5.20. The molecule has 0 spiro atoms. The highest BCUT2D eigenvalue weighted by atomic mass is 16.6. The van der Waals surface area contributed by atoms with Crippen LogP contribution in [0.2, 0.25) is 0 Å². The molecule has 0 saturated heterocycles. The summed E-state index contributed by atoms with van der Waals surface area (Å²) >= 11 is 0. The van der Waals surface area contributed by atoms with Gasteiger partial charge in [0, 0.05) is 6.04 Å². The first kappa shape index (κ1) is 18.4. The molecular formula is C16H28N2O2. The lowest BCUT2D eigenvalue weighted by molar-refractivity contribution is 0.0508. The Balaban J connectivity index is 0.00000110. The summed E-state index contributed by atoms with van der Waals surface area (Å²) in [6, 6.07) is 10.1. The van der Waals surface area contributed by atoms with Crippen LogP contribution >= 0.6 is 0 Å². The maximum absolute atomic E-state index is 11.5. The molecule has 4 heteroatoms. The van der Waals surface area contributed by atoms with Gasteiger partial charge in [-0.05, 0) is 53.8 Å². The first-order valence-electron chi connectivity index (χ1n) is 6.90. The van der Waals surface area contributed by atoms with Crippen molar-refractivity contribution in [2.75, 3.05) is 14.1 Å². The average molecular weight is 280 g/mol. The van der Waals surface area contributed by atoms with Gasteiger partial charge in [0.25, 0.3) is 0 Å². The van der Waals surface area contributed by atoms with Gasteiger partial charge in [-0.25, -0.2) is 4.79 Å². The molecule has 1 atom stereocenters. The van der Waals surface area contributed by atoms with E-state index in [4.69, 9.17) is 4.74 Å². The number of carbonyl (C=O) groups is 1. The lowest BCUT2D eigenvalue weighted by Gasteiger charge is -2.22. The molecule has 20 heavy (non-hydrogen) atoms. The minimum atomic E-state index is -0.448. The van der Waals surface area contributed by atoms with Crippen LogP contribution in [0.1, 0.15) is 33.3 Å². The first-order chi connectivity index (χ1) is 9.28. The lowest BCUT2D eigenvalue weighted by atomic mass is 10.1. The van der Waals surface area contributed by atoms with E-state index < -0.39 is 5.60 Å². The number of benzene rings is 1. The van der Waals surface area contributed by atoms with Crippen molar-refractivity contribution in [3.63, 3.8) is 0 Å². The van der Waals surface area contributed by atoms with E-state index in [1.807, 2.05) is 72.1 Å². The zero-order chi connectivity index (χ0) is 15.6. The van der Waals surface area contributed by atoms with Crippen LogP contribution in [0, 0.1) is 0 Å². The van der Waals surface area contributed by atoms with Crippen LogP contribution < -0.4 is 10.6 Å². The van der Waals surface area contributed by atoms with E-state index in [1.165, 1.54) is 5.56 Å². The van der Waals surface area contributed by atoms with E-state index in [9.17, 15) is 4.79 Å². The maximum Gasteiger partial charge on any atom is 0.407 e. The smallest absolute Gasteiger partial charge is 0.407 e. The monoisotopic (exact) mass is 280 g/mol. The fraction of sp³-hybridized carbons (Fsp3) is 0.562.